The van der Waals surface area contributed by atoms with Crippen LogP contribution in [0, 0.1) is 0 Å². The Kier molecular flexibility index (Phi) is 7.30. The van der Waals surface area contributed by atoms with Crippen molar-refractivity contribution in [1.29, 1.82) is 0 Å². The van der Waals surface area contributed by atoms with E-state index in [2.05, 4.69) is 12.3 Å². The zero-order valence-corrected chi connectivity index (χ0v) is 18.7. The summed E-state index contributed by atoms with van der Waals surface area (Å²) in [6.07, 6.45) is 3.44. The first-order valence-electron chi connectivity index (χ1n) is 11.3. The second-order valence-electron chi connectivity index (χ2n) is 9.25. The molecule has 2 aromatic carbocycles. The van der Waals surface area contributed by atoms with Gasteiger partial charge in [0.2, 0.25) is 5.91 Å². The topological polar surface area (TPSA) is 32.3 Å². The van der Waals surface area contributed by atoms with Gasteiger partial charge in [-0.2, -0.15) is 18.2 Å². The van der Waals surface area contributed by atoms with Gasteiger partial charge in [-0.15, -0.1) is 0 Å². The number of hydrogen-bond donors (Lipinski definition) is 1. The summed E-state index contributed by atoms with van der Waals surface area (Å²) in [4.78, 5) is 11.9. The summed E-state index contributed by atoms with van der Waals surface area (Å²) in [5.74, 6) is -0.385. The lowest BCUT2D eigenvalue weighted by molar-refractivity contribution is -0.203. The molecule has 170 valence electrons. The molecule has 1 aliphatic rings. The monoisotopic (exact) mass is 434 g/mol. The summed E-state index contributed by atoms with van der Waals surface area (Å²) < 4.78 is 42.6. The highest BCUT2D eigenvalue weighted by Gasteiger charge is 2.53. The van der Waals surface area contributed by atoms with Crippen LogP contribution in [0.2, 0.25) is 0 Å². The fraction of sp³-hybridized carbons (Fsp3) is 0.560. The van der Waals surface area contributed by atoms with Crippen molar-refractivity contribution in [1.82, 2.24) is 10.4 Å². The molecule has 1 N–H and O–H groups in total. The number of carbonyl (C=O) groups excluding carboxylic acids is 1. The molecule has 3 rings (SSSR count). The lowest BCUT2D eigenvalue weighted by Gasteiger charge is -2.38. The van der Waals surface area contributed by atoms with Gasteiger partial charge in [-0.25, -0.2) is 0 Å². The molecule has 1 fully saturated rings. The molecule has 0 bridgehead atoms. The first-order chi connectivity index (χ1) is 14.6. The fourth-order valence-electron chi connectivity index (χ4n) is 4.54. The van der Waals surface area contributed by atoms with Crippen molar-refractivity contribution in [2.45, 2.75) is 89.9 Å². The molecule has 3 nitrogen and oxygen atoms in total. The van der Waals surface area contributed by atoms with Gasteiger partial charge in [-0.1, -0.05) is 69.4 Å². The Labute approximate surface area is 183 Å². The Morgan fingerprint density at radius 2 is 1.77 bits per heavy atom. The van der Waals surface area contributed by atoms with Crippen molar-refractivity contribution in [3.05, 3.63) is 47.5 Å². The largest absolute Gasteiger partial charge is 0.409 e. The number of hydrazine groups is 1. The van der Waals surface area contributed by atoms with Crippen LogP contribution in [-0.4, -0.2) is 22.6 Å². The van der Waals surface area contributed by atoms with Gasteiger partial charge in [0.25, 0.3) is 0 Å². The van der Waals surface area contributed by atoms with Gasteiger partial charge in [-0.05, 0) is 54.7 Å². The van der Waals surface area contributed by atoms with Crippen molar-refractivity contribution >= 4 is 16.7 Å². The SMILES string of the molecule is CCCCCCCCc1cccc2ccc([C@H](N3NC(=O)CC3(C)C)C(F)(F)F)cc12. The molecule has 1 saturated heterocycles. The Bertz CT molecular complexity index is 907. The summed E-state index contributed by atoms with van der Waals surface area (Å²) in [6, 6.07) is 9.01. The second-order valence-corrected chi connectivity index (χ2v) is 9.25. The summed E-state index contributed by atoms with van der Waals surface area (Å²) in [5, 5.41) is 2.89. The zero-order chi connectivity index (χ0) is 22.6. The maximum absolute atomic E-state index is 14.2. The third-order valence-corrected chi connectivity index (χ3v) is 6.17. The molecule has 0 saturated carbocycles. The quantitative estimate of drug-likeness (QED) is 0.437. The smallest absolute Gasteiger partial charge is 0.287 e. The van der Waals surface area contributed by atoms with Crippen LogP contribution in [0.1, 0.15) is 82.9 Å². The average Bonchev–Trinajstić information content (AvgIpc) is 2.95. The van der Waals surface area contributed by atoms with E-state index in [1.165, 1.54) is 31.7 Å². The van der Waals surface area contributed by atoms with Gasteiger partial charge < -0.3 is 0 Å². The Balaban J connectivity index is 1.89. The van der Waals surface area contributed by atoms with Crippen molar-refractivity contribution in [3.63, 3.8) is 0 Å². The van der Waals surface area contributed by atoms with Crippen molar-refractivity contribution < 1.29 is 18.0 Å². The van der Waals surface area contributed by atoms with Gasteiger partial charge in [0.05, 0.1) is 0 Å². The highest BCUT2D eigenvalue weighted by atomic mass is 19.4. The number of carbonyl (C=O) groups is 1. The van der Waals surface area contributed by atoms with Crippen LogP contribution in [0.5, 0.6) is 0 Å². The van der Waals surface area contributed by atoms with E-state index in [4.69, 9.17) is 0 Å². The highest BCUT2D eigenvalue weighted by molar-refractivity contribution is 5.86. The van der Waals surface area contributed by atoms with Crippen molar-refractivity contribution in [2.75, 3.05) is 0 Å². The minimum atomic E-state index is -4.52. The number of aryl methyl sites for hydroxylation is 1. The van der Waals surface area contributed by atoms with Gasteiger partial charge in [0.15, 0.2) is 6.04 Å². The second kappa shape index (κ2) is 9.60. The molecule has 0 aromatic heterocycles. The Hall–Kier alpha value is -2.08. The van der Waals surface area contributed by atoms with E-state index in [0.717, 1.165) is 40.6 Å². The lowest BCUT2D eigenvalue weighted by Crippen LogP contribution is -2.51. The molecular formula is C25H33F3N2O. The van der Waals surface area contributed by atoms with E-state index in [9.17, 15) is 18.0 Å². The summed E-state index contributed by atoms with van der Waals surface area (Å²) in [6.45, 7) is 5.51. The zero-order valence-electron chi connectivity index (χ0n) is 18.7. The number of rotatable bonds is 9. The predicted octanol–water partition coefficient (Wildman–Crippen LogP) is 6.86. The van der Waals surface area contributed by atoms with Crippen LogP contribution in [0.25, 0.3) is 10.8 Å². The first-order valence-corrected chi connectivity index (χ1v) is 11.3. The van der Waals surface area contributed by atoms with Crippen LogP contribution in [-0.2, 0) is 11.2 Å². The molecule has 0 radical (unpaired) electrons. The highest BCUT2D eigenvalue weighted by Crippen LogP contribution is 2.43. The standard InChI is InChI=1S/C25H33F3N2O/c1-4-5-6-7-8-9-11-18-12-10-13-19-14-15-20(16-21(18)19)23(25(26,27)28)30-24(2,3)17-22(31)29-30/h10,12-16,23H,4-9,11,17H2,1-3H3,(H,29,31)/t23-/m0/s1. The molecule has 6 heteroatoms. The number of unbranched alkanes of at least 4 members (excludes halogenated alkanes) is 5. The predicted molar refractivity (Wildman–Crippen MR) is 119 cm³/mol. The number of halogens is 3. The van der Waals surface area contributed by atoms with Gasteiger partial charge in [0.1, 0.15) is 0 Å². The molecule has 0 aliphatic carbocycles. The number of amides is 1. The summed E-state index contributed by atoms with van der Waals surface area (Å²) in [5.41, 5.74) is 2.76. The number of benzene rings is 2. The maximum atomic E-state index is 14.2. The molecule has 1 amide bonds. The van der Waals surface area contributed by atoms with E-state index in [0.29, 0.717) is 0 Å². The third kappa shape index (κ3) is 5.59. The lowest BCUT2D eigenvalue weighted by atomic mass is 9.93. The maximum Gasteiger partial charge on any atom is 0.409 e. The molecular weight excluding hydrogens is 401 g/mol. The summed E-state index contributed by atoms with van der Waals surface area (Å²) in [7, 11) is 0. The van der Waals surface area contributed by atoms with Crippen LogP contribution >= 0.6 is 0 Å². The van der Waals surface area contributed by atoms with E-state index in [1.807, 2.05) is 18.2 Å². The Morgan fingerprint density at radius 1 is 1.06 bits per heavy atom. The van der Waals surface area contributed by atoms with Crippen LogP contribution in [0.4, 0.5) is 13.2 Å². The number of alkyl halides is 3. The normalized spacial score (nSPS) is 17.8. The summed E-state index contributed by atoms with van der Waals surface area (Å²) >= 11 is 0. The van der Waals surface area contributed by atoms with E-state index >= 15 is 0 Å². The van der Waals surface area contributed by atoms with Gasteiger partial charge in [0, 0.05) is 12.0 Å². The number of nitrogens with one attached hydrogen (secondary N) is 1. The first kappa shape index (κ1) is 23.6. The van der Waals surface area contributed by atoms with Crippen molar-refractivity contribution in [3.8, 4) is 0 Å². The molecule has 1 heterocycles. The fourth-order valence-corrected chi connectivity index (χ4v) is 4.54. The molecule has 0 unspecified atom stereocenters. The van der Waals surface area contributed by atoms with E-state index < -0.39 is 17.8 Å². The van der Waals surface area contributed by atoms with E-state index in [1.54, 1.807) is 26.0 Å². The molecule has 2 aromatic rings. The van der Waals surface area contributed by atoms with Gasteiger partial charge >= 0.3 is 6.18 Å². The Morgan fingerprint density at radius 3 is 2.42 bits per heavy atom. The van der Waals surface area contributed by atoms with E-state index in [-0.39, 0.29) is 17.9 Å². The van der Waals surface area contributed by atoms with Crippen LogP contribution in [0.15, 0.2) is 36.4 Å². The number of nitrogens with zero attached hydrogens (tertiary/aromatic N) is 1. The van der Waals surface area contributed by atoms with Gasteiger partial charge in [-0.3, -0.25) is 10.2 Å². The third-order valence-electron chi connectivity index (χ3n) is 6.17. The van der Waals surface area contributed by atoms with Crippen LogP contribution in [0.3, 0.4) is 0 Å². The minimum Gasteiger partial charge on any atom is -0.287 e. The average molecular weight is 435 g/mol. The molecule has 1 atom stereocenters. The molecule has 1 aliphatic heterocycles. The molecule has 31 heavy (non-hydrogen) atoms. The number of hydrogen-bond acceptors (Lipinski definition) is 2. The number of fused-ring (bicyclic) bond motifs is 1. The van der Waals surface area contributed by atoms with Crippen LogP contribution < -0.4 is 5.43 Å². The minimum absolute atomic E-state index is 0.0381. The molecule has 0 spiro atoms. The van der Waals surface area contributed by atoms with Crippen molar-refractivity contribution in [2.24, 2.45) is 0 Å².